The van der Waals surface area contributed by atoms with E-state index in [1.54, 1.807) is 24.3 Å². The molecule has 0 aliphatic heterocycles. The van der Waals surface area contributed by atoms with Crippen LogP contribution in [0, 0.1) is 5.82 Å². The van der Waals surface area contributed by atoms with Crippen LogP contribution in [0.3, 0.4) is 0 Å². The van der Waals surface area contributed by atoms with Gasteiger partial charge in [0.2, 0.25) is 5.91 Å². The van der Waals surface area contributed by atoms with E-state index in [0.29, 0.717) is 39.7 Å². The summed E-state index contributed by atoms with van der Waals surface area (Å²) in [5.41, 5.74) is 1.42. The highest BCUT2D eigenvalue weighted by molar-refractivity contribution is 5.79. The summed E-state index contributed by atoms with van der Waals surface area (Å²) >= 11 is 0. The van der Waals surface area contributed by atoms with Crippen molar-refractivity contribution in [1.82, 2.24) is 5.32 Å². The summed E-state index contributed by atoms with van der Waals surface area (Å²) < 4.78 is 44.2. The van der Waals surface area contributed by atoms with E-state index in [9.17, 15) is 13.6 Å². The van der Waals surface area contributed by atoms with Crippen molar-refractivity contribution in [2.24, 2.45) is 0 Å². The molecule has 5 nitrogen and oxygen atoms in total. The van der Waals surface area contributed by atoms with Crippen LogP contribution >= 0.6 is 0 Å². The van der Waals surface area contributed by atoms with Crippen LogP contribution in [-0.4, -0.2) is 26.3 Å². The predicted octanol–water partition coefficient (Wildman–Crippen LogP) is 5.28. The molecule has 3 aromatic rings. The smallest absolute Gasteiger partial charge is 0.217 e. The monoisotopic (exact) mass is 427 g/mol. The number of para-hydroxylation sites is 1. The molecule has 7 heteroatoms. The molecule has 0 heterocycles. The lowest BCUT2D eigenvalue weighted by atomic mass is 9.99. The van der Waals surface area contributed by atoms with E-state index in [4.69, 9.17) is 14.2 Å². The van der Waals surface area contributed by atoms with Crippen molar-refractivity contribution >= 4 is 5.91 Å². The minimum absolute atomic E-state index is 0.130. The number of halogens is 2. The summed E-state index contributed by atoms with van der Waals surface area (Å²) in [6.45, 7) is 0.616. The maximum Gasteiger partial charge on any atom is 0.217 e. The SMILES string of the molecule is COc1cc(CNC(C)=O)c(OCCF)c(-c2cc(F)ccc2Oc2ccccc2)c1. The number of ether oxygens (including phenoxy) is 3. The van der Waals surface area contributed by atoms with E-state index in [-0.39, 0.29) is 19.1 Å². The molecule has 0 spiro atoms. The average molecular weight is 427 g/mol. The second-order valence-corrected chi connectivity index (χ2v) is 6.67. The minimum atomic E-state index is -0.707. The zero-order valence-electron chi connectivity index (χ0n) is 17.3. The number of benzene rings is 3. The number of alkyl halides is 1. The van der Waals surface area contributed by atoms with Crippen LogP contribution in [-0.2, 0) is 11.3 Å². The van der Waals surface area contributed by atoms with Crippen molar-refractivity contribution in [3.63, 3.8) is 0 Å². The largest absolute Gasteiger partial charge is 0.497 e. The Morgan fingerprint density at radius 3 is 2.45 bits per heavy atom. The third kappa shape index (κ3) is 5.72. The highest BCUT2D eigenvalue weighted by Gasteiger charge is 2.19. The lowest BCUT2D eigenvalue weighted by Crippen LogP contribution is -2.20. The van der Waals surface area contributed by atoms with Gasteiger partial charge in [-0.2, -0.15) is 0 Å². The lowest BCUT2D eigenvalue weighted by Gasteiger charge is -2.19. The zero-order chi connectivity index (χ0) is 22.2. The van der Waals surface area contributed by atoms with Crippen molar-refractivity contribution in [3.8, 4) is 34.1 Å². The van der Waals surface area contributed by atoms with Crippen LogP contribution < -0.4 is 19.5 Å². The van der Waals surface area contributed by atoms with Crippen molar-refractivity contribution in [1.29, 1.82) is 0 Å². The Morgan fingerprint density at radius 2 is 1.77 bits per heavy atom. The van der Waals surface area contributed by atoms with E-state index in [2.05, 4.69) is 5.32 Å². The molecule has 3 aromatic carbocycles. The van der Waals surface area contributed by atoms with Crippen molar-refractivity contribution in [2.45, 2.75) is 13.5 Å². The fourth-order valence-corrected chi connectivity index (χ4v) is 3.06. The van der Waals surface area contributed by atoms with Crippen LogP contribution in [0.1, 0.15) is 12.5 Å². The Kier molecular flexibility index (Phi) is 7.43. The summed E-state index contributed by atoms with van der Waals surface area (Å²) in [4.78, 5) is 11.4. The molecule has 0 aromatic heterocycles. The Labute approximate surface area is 179 Å². The van der Waals surface area contributed by atoms with Gasteiger partial charge in [0, 0.05) is 30.2 Å². The maximum atomic E-state index is 14.2. The van der Waals surface area contributed by atoms with Crippen molar-refractivity contribution in [2.75, 3.05) is 20.4 Å². The van der Waals surface area contributed by atoms with E-state index in [1.165, 1.54) is 32.2 Å². The van der Waals surface area contributed by atoms with Gasteiger partial charge in [-0.25, -0.2) is 8.78 Å². The Bertz CT molecular complexity index is 1040. The van der Waals surface area contributed by atoms with E-state index in [1.807, 2.05) is 18.2 Å². The molecule has 31 heavy (non-hydrogen) atoms. The third-order valence-electron chi connectivity index (χ3n) is 4.43. The lowest BCUT2D eigenvalue weighted by molar-refractivity contribution is -0.119. The Morgan fingerprint density at radius 1 is 1.00 bits per heavy atom. The number of nitrogens with one attached hydrogen (secondary N) is 1. The van der Waals surface area contributed by atoms with Gasteiger partial charge in [0.25, 0.3) is 0 Å². The number of rotatable bonds is 9. The van der Waals surface area contributed by atoms with Crippen LogP contribution in [0.2, 0.25) is 0 Å². The number of methoxy groups -OCH3 is 1. The summed E-state index contributed by atoms with van der Waals surface area (Å²) in [6.07, 6.45) is 0. The topological polar surface area (TPSA) is 56.8 Å². The standard InChI is InChI=1S/C24H23F2NO4/c1-16(28)27-15-17-12-20(29-2)14-22(24(17)30-11-10-25)21-13-18(26)8-9-23(21)31-19-6-4-3-5-7-19/h3-9,12-14H,10-11,15H2,1-2H3,(H,27,28). The van der Waals surface area contributed by atoms with Crippen molar-refractivity contribution < 1.29 is 27.8 Å². The quantitative estimate of drug-likeness (QED) is 0.505. The first-order valence-corrected chi connectivity index (χ1v) is 9.68. The number of hydrogen-bond acceptors (Lipinski definition) is 4. The molecule has 1 N–H and O–H groups in total. The zero-order valence-corrected chi connectivity index (χ0v) is 17.3. The third-order valence-corrected chi connectivity index (χ3v) is 4.43. The molecule has 3 rings (SSSR count). The first kappa shape index (κ1) is 22.1. The van der Waals surface area contributed by atoms with Gasteiger partial charge < -0.3 is 19.5 Å². The minimum Gasteiger partial charge on any atom is -0.497 e. The molecule has 0 unspecified atom stereocenters. The second kappa shape index (κ2) is 10.4. The van der Waals surface area contributed by atoms with Crippen molar-refractivity contribution in [3.05, 3.63) is 72.0 Å². The molecule has 1 amide bonds. The molecule has 162 valence electrons. The van der Waals surface area contributed by atoms with Gasteiger partial charge in [-0.05, 0) is 42.5 Å². The molecule has 0 aliphatic carbocycles. The molecule has 0 atom stereocenters. The van der Waals surface area contributed by atoms with Gasteiger partial charge in [0.1, 0.15) is 42.1 Å². The number of amides is 1. The highest BCUT2D eigenvalue weighted by atomic mass is 19.1. The van der Waals surface area contributed by atoms with E-state index < -0.39 is 12.5 Å². The molecule has 0 fully saturated rings. The molecular weight excluding hydrogens is 404 g/mol. The predicted molar refractivity (Wildman–Crippen MR) is 114 cm³/mol. The fourth-order valence-electron chi connectivity index (χ4n) is 3.06. The van der Waals surface area contributed by atoms with Gasteiger partial charge in [0.15, 0.2) is 0 Å². The summed E-state index contributed by atoms with van der Waals surface area (Å²) in [6, 6.07) is 16.5. The Balaban J connectivity index is 2.16. The van der Waals surface area contributed by atoms with Crippen LogP contribution in [0.25, 0.3) is 11.1 Å². The van der Waals surface area contributed by atoms with Gasteiger partial charge in [-0.3, -0.25) is 4.79 Å². The molecular formula is C24H23F2NO4. The fraction of sp³-hybridized carbons (Fsp3) is 0.208. The average Bonchev–Trinajstić information content (AvgIpc) is 2.78. The molecule has 0 bridgehead atoms. The van der Waals surface area contributed by atoms with Crippen LogP contribution in [0.4, 0.5) is 8.78 Å². The second-order valence-electron chi connectivity index (χ2n) is 6.67. The van der Waals surface area contributed by atoms with Gasteiger partial charge in [-0.15, -0.1) is 0 Å². The maximum absolute atomic E-state index is 14.2. The van der Waals surface area contributed by atoms with Gasteiger partial charge >= 0.3 is 0 Å². The van der Waals surface area contributed by atoms with E-state index >= 15 is 0 Å². The Hall–Kier alpha value is -3.61. The van der Waals surface area contributed by atoms with Gasteiger partial charge in [-0.1, -0.05) is 18.2 Å². The van der Waals surface area contributed by atoms with Crippen LogP contribution in [0.5, 0.6) is 23.0 Å². The normalized spacial score (nSPS) is 10.5. The first-order valence-electron chi connectivity index (χ1n) is 9.68. The molecule has 0 saturated heterocycles. The molecule has 0 saturated carbocycles. The number of carbonyl (C=O) groups excluding carboxylic acids is 1. The summed E-state index contributed by atoms with van der Waals surface area (Å²) in [7, 11) is 1.50. The highest BCUT2D eigenvalue weighted by Crippen LogP contribution is 2.43. The van der Waals surface area contributed by atoms with Crippen LogP contribution in [0.15, 0.2) is 60.7 Å². The number of carbonyl (C=O) groups is 1. The first-order chi connectivity index (χ1) is 15.0. The van der Waals surface area contributed by atoms with Gasteiger partial charge in [0.05, 0.1) is 7.11 Å². The summed E-state index contributed by atoms with van der Waals surface area (Å²) in [5.74, 6) is 1.03. The molecule has 0 aliphatic rings. The number of hydrogen-bond donors (Lipinski definition) is 1. The molecule has 0 radical (unpaired) electrons. The van der Waals surface area contributed by atoms with E-state index in [0.717, 1.165) is 0 Å². The summed E-state index contributed by atoms with van der Waals surface area (Å²) in [5, 5.41) is 2.70.